The minimum Gasteiger partial charge on any atom is -0.478 e. The molecule has 0 fully saturated rings. The van der Waals surface area contributed by atoms with Crippen LogP contribution in [0.1, 0.15) is 27.6 Å². The molecule has 5 heteroatoms. The van der Waals surface area contributed by atoms with Gasteiger partial charge in [0.2, 0.25) is 0 Å². The summed E-state index contributed by atoms with van der Waals surface area (Å²) in [6, 6.07) is 3.86. The second kappa shape index (κ2) is 4.79. The van der Waals surface area contributed by atoms with E-state index in [-0.39, 0.29) is 22.8 Å². The van der Waals surface area contributed by atoms with Crippen molar-refractivity contribution >= 4 is 23.5 Å². The zero-order chi connectivity index (χ0) is 11.4. The van der Waals surface area contributed by atoms with Crippen LogP contribution < -0.4 is 0 Å². The SMILES string of the molecule is CCOC(=O)c1ccc(C(=O)O)cc1Cl. The van der Waals surface area contributed by atoms with E-state index in [1.807, 2.05) is 0 Å². The van der Waals surface area contributed by atoms with Crippen LogP contribution in [0.4, 0.5) is 0 Å². The summed E-state index contributed by atoms with van der Waals surface area (Å²) in [5, 5.41) is 8.74. The zero-order valence-corrected chi connectivity index (χ0v) is 8.75. The lowest BCUT2D eigenvalue weighted by atomic mass is 10.1. The summed E-state index contributed by atoms with van der Waals surface area (Å²) < 4.78 is 4.74. The van der Waals surface area contributed by atoms with Crippen LogP contribution in [0.2, 0.25) is 5.02 Å². The van der Waals surface area contributed by atoms with Gasteiger partial charge in [0.1, 0.15) is 0 Å². The minimum absolute atomic E-state index is 0.0352. The van der Waals surface area contributed by atoms with E-state index < -0.39 is 11.9 Å². The number of carboxylic acids is 1. The van der Waals surface area contributed by atoms with E-state index in [2.05, 4.69) is 0 Å². The van der Waals surface area contributed by atoms with Crippen molar-refractivity contribution in [3.8, 4) is 0 Å². The second-order valence-electron chi connectivity index (χ2n) is 2.72. The maximum absolute atomic E-state index is 11.3. The lowest BCUT2D eigenvalue weighted by Gasteiger charge is -2.04. The van der Waals surface area contributed by atoms with Crippen molar-refractivity contribution in [2.75, 3.05) is 6.61 Å². The van der Waals surface area contributed by atoms with Crippen molar-refractivity contribution in [3.05, 3.63) is 34.3 Å². The van der Waals surface area contributed by atoms with Gasteiger partial charge in [0.15, 0.2) is 0 Å². The Morgan fingerprint density at radius 2 is 2.13 bits per heavy atom. The second-order valence-corrected chi connectivity index (χ2v) is 3.13. The van der Waals surface area contributed by atoms with Crippen molar-refractivity contribution in [1.29, 1.82) is 0 Å². The number of carbonyl (C=O) groups excluding carboxylic acids is 1. The molecule has 1 aromatic carbocycles. The number of benzene rings is 1. The van der Waals surface area contributed by atoms with Crippen molar-refractivity contribution in [3.63, 3.8) is 0 Å². The first-order valence-corrected chi connectivity index (χ1v) is 4.64. The van der Waals surface area contributed by atoms with Crippen LogP contribution in [0, 0.1) is 0 Å². The number of carboxylic acid groups (broad SMARTS) is 1. The van der Waals surface area contributed by atoms with Crippen LogP contribution in [0.5, 0.6) is 0 Å². The Kier molecular flexibility index (Phi) is 3.68. The Morgan fingerprint density at radius 3 is 2.60 bits per heavy atom. The largest absolute Gasteiger partial charge is 0.478 e. The highest BCUT2D eigenvalue weighted by Gasteiger charge is 2.13. The number of carbonyl (C=O) groups is 2. The molecule has 0 bridgehead atoms. The fourth-order valence-electron chi connectivity index (χ4n) is 1.02. The van der Waals surface area contributed by atoms with Crippen molar-refractivity contribution < 1.29 is 19.4 Å². The maximum atomic E-state index is 11.3. The van der Waals surface area contributed by atoms with E-state index in [0.717, 1.165) is 0 Å². The Hall–Kier alpha value is -1.55. The number of aromatic carboxylic acids is 1. The topological polar surface area (TPSA) is 63.6 Å². The zero-order valence-electron chi connectivity index (χ0n) is 7.99. The van der Waals surface area contributed by atoms with Crippen LogP contribution in [-0.4, -0.2) is 23.7 Å². The number of halogens is 1. The molecule has 0 unspecified atom stereocenters. The lowest BCUT2D eigenvalue weighted by molar-refractivity contribution is 0.0525. The first-order valence-electron chi connectivity index (χ1n) is 4.26. The molecule has 15 heavy (non-hydrogen) atoms. The molecule has 0 heterocycles. The van der Waals surface area contributed by atoms with Gasteiger partial charge in [-0.15, -0.1) is 0 Å². The fourth-order valence-corrected chi connectivity index (χ4v) is 1.28. The summed E-state index contributed by atoms with van der Waals surface area (Å²) in [7, 11) is 0. The van der Waals surface area contributed by atoms with Crippen LogP contribution in [0.3, 0.4) is 0 Å². The molecule has 0 atom stereocenters. The van der Waals surface area contributed by atoms with Crippen molar-refractivity contribution in [2.45, 2.75) is 6.92 Å². The van der Waals surface area contributed by atoms with Gasteiger partial charge >= 0.3 is 11.9 Å². The molecule has 1 N–H and O–H groups in total. The highest BCUT2D eigenvalue weighted by Crippen LogP contribution is 2.18. The molecule has 0 aromatic heterocycles. The molecule has 1 aromatic rings. The Bertz CT molecular complexity index is 400. The maximum Gasteiger partial charge on any atom is 0.339 e. The highest BCUT2D eigenvalue weighted by molar-refractivity contribution is 6.33. The van der Waals surface area contributed by atoms with Crippen LogP contribution in [0.15, 0.2) is 18.2 Å². The fraction of sp³-hybridized carbons (Fsp3) is 0.200. The summed E-state index contributed by atoms with van der Waals surface area (Å²) in [6.45, 7) is 1.92. The summed E-state index contributed by atoms with van der Waals surface area (Å²) >= 11 is 5.74. The van der Waals surface area contributed by atoms with Gasteiger partial charge in [-0.2, -0.15) is 0 Å². The van der Waals surface area contributed by atoms with E-state index in [1.165, 1.54) is 18.2 Å². The molecular weight excluding hydrogens is 220 g/mol. The van der Waals surface area contributed by atoms with E-state index in [0.29, 0.717) is 0 Å². The third-order valence-electron chi connectivity index (χ3n) is 1.71. The van der Waals surface area contributed by atoms with Gasteiger partial charge < -0.3 is 9.84 Å². The van der Waals surface area contributed by atoms with Crippen molar-refractivity contribution in [1.82, 2.24) is 0 Å². The smallest absolute Gasteiger partial charge is 0.339 e. The summed E-state index contributed by atoms with van der Waals surface area (Å²) in [5.41, 5.74) is 0.205. The quantitative estimate of drug-likeness (QED) is 0.806. The normalized spacial score (nSPS) is 9.73. The van der Waals surface area contributed by atoms with Gasteiger partial charge in [-0.25, -0.2) is 9.59 Å². The average Bonchev–Trinajstić information content (AvgIpc) is 2.17. The minimum atomic E-state index is -1.09. The highest BCUT2D eigenvalue weighted by atomic mass is 35.5. The van der Waals surface area contributed by atoms with Gasteiger partial charge in [0.05, 0.1) is 22.8 Å². The Morgan fingerprint density at radius 1 is 1.47 bits per heavy atom. The lowest BCUT2D eigenvalue weighted by Crippen LogP contribution is -2.06. The third-order valence-corrected chi connectivity index (χ3v) is 2.02. The molecule has 0 saturated heterocycles. The molecule has 0 radical (unpaired) electrons. The molecule has 4 nitrogen and oxygen atoms in total. The summed E-state index contributed by atoms with van der Waals surface area (Å²) in [5.74, 6) is -1.65. The van der Waals surface area contributed by atoms with Gasteiger partial charge in [0, 0.05) is 0 Å². The number of rotatable bonds is 3. The van der Waals surface area contributed by atoms with E-state index in [1.54, 1.807) is 6.92 Å². The van der Waals surface area contributed by atoms with Gasteiger partial charge in [0.25, 0.3) is 0 Å². The van der Waals surface area contributed by atoms with Gasteiger partial charge in [-0.1, -0.05) is 11.6 Å². The van der Waals surface area contributed by atoms with E-state index in [4.69, 9.17) is 21.4 Å². The van der Waals surface area contributed by atoms with Gasteiger partial charge in [-0.05, 0) is 25.1 Å². The van der Waals surface area contributed by atoms with Crippen LogP contribution in [-0.2, 0) is 4.74 Å². The molecule has 0 aliphatic carbocycles. The predicted molar refractivity (Wildman–Crippen MR) is 54.4 cm³/mol. The first kappa shape index (κ1) is 11.5. The van der Waals surface area contributed by atoms with Gasteiger partial charge in [-0.3, -0.25) is 0 Å². The van der Waals surface area contributed by atoms with Crippen LogP contribution >= 0.6 is 11.6 Å². The molecule has 0 aliphatic heterocycles. The summed E-state index contributed by atoms with van der Waals surface area (Å²) in [6.07, 6.45) is 0. The van der Waals surface area contributed by atoms with E-state index in [9.17, 15) is 9.59 Å². The molecule has 0 aliphatic rings. The van der Waals surface area contributed by atoms with Crippen molar-refractivity contribution in [2.24, 2.45) is 0 Å². The number of ether oxygens (including phenoxy) is 1. The number of esters is 1. The Labute approximate surface area is 91.4 Å². The molecule has 0 saturated carbocycles. The average molecular weight is 229 g/mol. The van der Waals surface area contributed by atoms with Crippen LogP contribution in [0.25, 0.3) is 0 Å². The molecule has 80 valence electrons. The summed E-state index contributed by atoms with van der Waals surface area (Å²) in [4.78, 5) is 21.9. The first-order chi connectivity index (χ1) is 7.06. The van der Waals surface area contributed by atoms with E-state index >= 15 is 0 Å². The monoisotopic (exact) mass is 228 g/mol. The molecular formula is C10H9ClO4. The molecule has 0 spiro atoms. The standard InChI is InChI=1S/C10H9ClO4/c1-2-15-10(14)7-4-3-6(9(12)13)5-8(7)11/h3-5H,2H2,1H3,(H,12,13). The molecule has 0 amide bonds. The molecule has 1 rings (SSSR count). The number of hydrogen-bond acceptors (Lipinski definition) is 3. The third kappa shape index (κ3) is 2.70. The number of hydrogen-bond donors (Lipinski definition) is 1. The Balaban J connectivity index is 3.03. The predicted octanol–water partition coefficient (Wildman–Crippen LogP) is 2.21.